The highest BCUT2D eigenvalue weighted by molar-refractivity contribution is 6.33. The summed E-state index contributed by atoms with van der Waals surface area (Å²) in [6.07, 6.45) is -6.13. The second-order valence-corrected chi connectivity index (χ2v) is 7.60. The number of nitrogens with two attached hydrogens (primary N) is 1. The summed E-state index contributed by atoms with van der Waals surface area (Å²) in [5, 5.41) is 1.25. The summed E-state index contributed by atoms with van der Waals surface area (Å²) in [6.45, 7) is 3.75. The number of nitrogens with one attached hydrogen (secondary N) is 1. The van der Waals surface area contributed by atoms with Gasteiger partial charge in [-0.3, -0.25) is 4.79 Å². The molecule has 0 aliphatic rings. The molecule has 0 aromatic heterocycles. The third-order valence-corrected chi connectivity index (χ3v) is 3.58. The predicted octanol–water partition coefficient (Wildman–Crippen LogP) is 4.05. The summed E-state index contributed by atoms with van der Waals surface area (Å²) in [7, 11) is 0. The van der Waals surface area contributed by atoms with E-state index in [-0.39, 0.29) is 17.0 Å². The molecule has 6 nitrogen and oxygen atoms in total. The first kappa shape index (κ1) is 23.8. The average molecular weight is 429 g/mol. The first-order chi connectivity index (χ1) is 12.7. The Morgan fingerprint density at radius 3 is 2.36 bits per heavy atom. The fraction of sp³-hybridized carbons (Fsp3) is 0.529. The van der Waals surface area contributed by atoms with Crippen molar-refractivity contribution in [3.8, 4) is 5.75 Å². The van der Waals surface area contributed by atoms with E-state index in [0.717, 1.165) is 12.1 Å². The molecule has 0 aliphatic heterocycles. The molecule has 1 rings (SSSR count). The lowest BCUT2D eigenvalue weighted by atomic mass is 9.89. The summed E-state index contributed by atoms with van der Waals surface area (Å²) in [6, 6.07) is 1.62. The van der Waals surface area contributed by atoms with E-state index in [4.69, 9.17) is 26.8 Å². The number of primary amides is 1. The van der Waals surface area contributed by atoms with Gasteiger partial charge >= 0.3 is 12.3 Å². The molecule has 1 aromatic rings. The maximum Gasteiger partial charge on any atom is 0.405 e. The molecule has 0 bridgehead atoms. The normalized spacial score (nSPS) is 13.0. The number of rotatable bonds is 7. The van der Waals surface area contributed by atoms with Crippen LogP contribution in [0, 0.1) is 11.2 Å². The summed E-state index contributed by atoms with van der Waals surface area (Å²) in [5.41, 5.74) is 4.34. The Morgan fingerprint density at radius 1 is 1.25 bits per heavy atom. The zero-order chi connectivity index (χ0) is 21.7. The highest BCUT2D eigenvalue weighted by Gasteiger charge is 2.29. The van der Waals surface area contributed by atoms with Crippen LogP contribution in [-0.4, -0.2) is 37.4 Å². The van der Waals surface area contributed by atoms with Crippen LogP contribution in [-0.2, 0) is 4.74 Å². The Hall–Kier alpha value is -2.23. The van der Waals surface area contributed by atoms with Gasteiger partial charge in [0.2, 0.25) is 0 Å². The number of ether oxygens (including phenoxy) is 2. The van der Waals surface area contributed by atoms with Gasteiger partial charge in [0.05, 0.1) is 10.6 Å². The van der Waals surface area contributed by atoms with Crippen molar-refractivity contribution in [2.75, 3.05) is 13.2 Å². The third kappa shape index (κ3) is 8.64. The lowest BCUT2D eigenvalue weighted by Crippen LogP contribution is -2.34. The SMILES string of the molecule is CC(C)(C)CC(COc1cc(C(=O)NCC(F)(F)F)c(Cl)cc1F)OC(N)=O. The van der Waals surface area contributed by atoms with E-state index in [9.17, 15) is 27.2 Å². The molecule has 3 N–H and O–H groups in total. The minimum atomic E-state index is -4.62. The molecule has 2 amide bonds. The van der Waals surface area contributed by atoms with E-state index in [1.165, 1.54) is 0 Å². The van der Waals surface area contributed by atoms with Gasteiger partial charge in [-0.1, -0.05) is 32.4 Å². The number of hydrogen-bond donors (Lipinski definition) is 2. The van der Waals surface area contributed by atoms with E-state index in [1.807, 2.05) is 20.8 Å². The number of carbonyl (C=O) groups excluding carboxylic acids is 2. The smallest absolute Gasteiger partial charge is 0.405 e. The number of hydrogen-bond acceptors (Lipinski definition) is 4. The van der Waals surface area contributed by atoms with Crippen molar-refractivity contribution in [1.29, 1.82) is 0 Å². The Balaban J connectivity index is 2.95. The van der Waals surface area contributed by atoms with E-state index in [1.54, 1.807) is 5.32 Å². The second-order valence-electron chi connectivity index (χ2n) is 7.20. The van der Waals surface area contributed by atoms with E-state index in [0.29, 0.717) is 6.42 Å². The fourth-order valence-electron chi connectivity index (χ4n) is 2.25. The van der Waals surface area contributed by atoms with Crippen LogP contribution in [0.5, 0.6) is 5.75 Å². The second kappa shape index (κ2) is 9.31. The van der Waals surface area contributed by atoms with Crippen LogP contribution in [0.25, 0.3) is 0 Å². The lowest BCUT2D eigenvalue weighted by molar-refractivity contribution is -0.123. The predicted molar refractivity (Wildman–Crippen MR) is 93.8 cm³/mol. The topological polar surface area (TPSA) is 90.7 Å². The molecule has 28 heavy (non-hydrogen) atoms. The summed E-state index contributed by atoms with van der Waals surface area (Å²) >= 11 is 5.74. The van der Waals surface area contributed by atoms with Crippen LogP contribution in [0.15, 0.2) is 12.1 Å². The Morgan fingerprint density at radius 2 is 1.86 bits per heavy atom. The monoisotopic (exact) mass is 428 g/mol. The van der Waals surface area contributed by atoms with Gasteiger partial charge < -0.3 is 20.5 Å². The Bertz CT molecular complexity index is 720. The molecule has 1 aromatic carbocycles. The largest absolute Gasteiger partial charge is 0.487 e. The highest BCUT2D eigenvalue weighted by atomic mass is 35.5. The molecule has 1 unspecified atom stereocenters. The van der Waals surface area contributed by atoms with Gasteiger partial charge in [-0.05, 0) is 24.0 Å². The molecular formula is C17H21ClF4N2O4. The van der Waals surface area contributed by atoms with Crippen molar-refractivity contribution in [3.63, 3.8) is 0 Å². The van der Waals surface area contributed by atoms with Crippen LogP contribution in [0.4, 0.5) is 22.4 Å². The van der Waals surface area contributed by atoms with Crippen molar-refractivity contribution >= 4 is 23.6 Å². The summed E-state index contributed by atoms with van der Waals surface area (Å²) < 4.78 is 61.0. The van der Waals surface area contributed by atoms with E-state index in [2.05, 4.69) is 0 Å². The molecule has 0 spiro atoms. The lowest BCUT2D eigenvalue weighted by Gasteiger charge is -2.25. The fourth-order valence-corrected chi connectivity index (χ4v) is 2.49. The first-order valence-corrected chi connectivity index (χ1v) is 8.48. The number of carbonyl (C=O) groups is 2. The van der Waals surface area contributed by atoms with Crippen molar-refractivity contribution < 1.29 is 36.6 Å². The van der Waals surface area contributed by atoms with E-state index < -0.39 is 48.0 Å². The van der Waals surface area contributed by atoms with Crippen molar-refractivity contribution in [2.24, 2.45) is 11.1 Å². The highest BCUT2D eigenvalue weighted by Crippen LogP contribution is 2.28. The minimum Gasteiger partial charge on any atom is -0.487 e. The summed E-state index contributed by atoms with van der Waals surface area (Å²) in [4.78, 5) is 22.9. The van der Waals surface area contributed by atoms with E-state index >= 15 is 0 Å². The van der Waals surface area contributed by atoms with Gasteiger partial charge in [-0.2, -0.15) is 13.2 Å². The molecule has 0 aliphatic carbocycles. The zero-order valence-electron chi connectivity index (χ0n) is 15.5. The van der Waals surface area contributed by atoms with Crippen LogP contribution in [0.1, 0.15) is 37.6 Å². The number of alkyl halides is 3. The molecular weight excluding hydrogens is 408 g/mol. The molecule has 0 saturated carbocycles. The average Bonchev–Trinajstić information content (AvgIpc) is 2.48. The Kier molecular flexibility index (Phi) is 7.92. The van der Waals surface area contributed by atoms with Crippen molar-refractivity contribution in [2.45, 2.75) is 39.5 Å². The van der Waals surface area contributed by atoms with Gasteiger partial charge in [0.15, 0.2) is 11.6 Å². The quantitative estimate of drug-likeness (QED) is 0.641. The maximum absolute atomic E-state index is 14.1. The molecule has 158 valence electrons. The van der Waals surface area contributed by atoms with Gasteiger partial charge in [-0.25, -0.2) is 9.18 Å². The Labute approximate surface area is 164 Å². The summed E-state index contributed by atoms with van der Waals surface area (Å²) in [5.74, 6) is -2.52. The molecule has 1 atom stereocenters. The van der Waals surface area contributed by atoms with Crippen LogP contribution >= 0.6 is 11.6 Å². The van der Waals surface area contributed by atoms with Crippen LogP contribution < -0.4 is 15.8 Å². The van der Waals surface area contributed by atoms with Gasteiger partial charge in [0, 0.05) is 0 Å². The van der Waals surface area contributed by atoms with Crippen LogP contribution in [0.2, 0.25) is 5.02 Å². The molecule has 0 saturated heterocycles. The maximum atomic E-state index is 14.1. The number of halogens is 5. The molecule has 0 heterocycles. The minimum absolute atomic E-state index is 0.273. The first-order valence-electron chi connectivity index (χ1n) is 8.11. The van der Waals surface area contributed by atoms with Gasteiger partial charge in [0.25, 0.3) is 5.91 Å². The zero-order valence-corrected chi connectivity index (χ0v) is 16.2. The van der Waals surface area contributed by atoms with Gasteiger partial charge in [-0.15, -0.1) is 0 Å². The van der Waals surface area contributed by atoms with Crippen molar-refractivity contribution in [1.82, 2.24) is 5.32 Å². The number of amides is 2. The van der Waals surface area contributed by atoms with Gasteiger partial charge in [0.1, 0.15) is 19.3 Å². The number of benzene rings is 1. The third-order valence-electron chi connectivity index (χ3n) is 3.26. The molecule has 0 fully saturated rings. The molecule has 0 radical (unpaired) electrons. The van der Waals surface area contributed by atoms with Crippen LogP contribution in [0.3, 0.4) is 0 Å². The molecule has 11 heteroatoms. The van der Waals surface area contributed by atoms with Crippen molar-refractivity contribution in [3.05, 3.63) is 28.5 Å². The standard InChI is InChI=1S/C17H21ClF4N2O4/c1-16(2,3)6-9(28-15(23)26)7-27-13-4-10(11(18)5-12(13)19)14(25)24-8-17(20,21)22/h4-5,9H,6-8H2,1-3H3,(H2,23,26)(H,24,25).